The van der Waals surface area contributed by atoms with Crippen molar-refractivity contribution in [2.24, 2.45) is 0 Å². The van der Waals surface area contributed by atoms with Gasteiger partial charge < -0.3 is 24.8 Å². The summed E-state index contributed by atoms with van der Waals surface area (Å²) in [4.78, 5) is 37.1. The van der Waals surface area contributed by atoms with Crippen LogP contribution in [-0.4, -0.2) is 31.6 Å². The summed E-state index contributed by atoms with van der Waals surface area (Å²) >= 11 is 0. The Bertz CT molecular complexity index is 1270. The topological polar surface area (TPSA) is 103 Å². The van der Waals surface area contributed by atoms with Crippen LogP contribution in [0.25, 0.3) is 0 Å². The molecule has 2 aromatic carbocycles. The first-order valence-electron chi connectivity index (χ1n) is 11.9. The predicted molar refractivity (Wildman–Crippen MR) is 133 cm³/mol. The minimum Gasteiger partial charge on any atom is -0.496 e. The first-order valence-corrected chi connectivity index (χ1v) is 11.9. The molecule has 0 bridgehead atoms. The zero-order chi connectivity index (χ0) is 28.0. The standard InChI is InChI=1S/C27H29F3N2O6/c1-5-31-26(35)32-23-17(24(36-4)16(3)18-14-37-25(34)22(18)23)12-10-15(2)11-13-21(33)38-20-9-7-6-8-19(20)27(28,29)30/h6-10H,5,11-14H2,1-4H3,(H2,31,32,35). The second-order valence-electron chi connectivity index (χ2n) is 8.65. The number of urea groups is 1. The van der Waals surface area contributed by atoms with Crippen molar-refractivity contribution in [3.8, 4) is 11.5 Å². The summed E-state index contributed by atoms with van der Waals surface area (Å²) in [7, 11) is 1.48. The third kappa shape index (κ3) is 6.45. The Morgan fingerprint density at radius 3 is 2.55 bits per heavy atom. The molecule has 0 aliphatic carbocycles. The Balaban J connectivity index is 1.80. The highest BCUT2D eigenvalue weighted by atomic mass is 19.4. The molecule has 1 aliphatic rings. The smallest absolute Gasteiger partial charge is 0.419 e. The summed E-state index contributed by atoms with van der Waals surface area (Å²) in [5.74, 6) is -1.41. The molecule has 0 atom stereocenters. The number of esters is 2. The first kappa shape index (κ1) is 28.5. The zero-order valence-electron chi connectivity index (χ0n) is 21.5. The van der Waals surface area contributed by atoms with Gasteiger partial charge in [-0.2, -0.15) is 13.2 Å². The van der Waals surface area contributed by atoms with Crippen LogP contribution in [-0.2, 0) is 28.7 Å². The Hall–Kier alpha value is -4.02. The van der Waals surface area contributed by atoms with Crippen LogP contribution in [0.3, 0.4) is 0 Å². The first-order chi connectivity index (χ1) is 18.0. The van der Waals surface area contributed by atoms with E-state index in [9.17, 15) is 27.6 Å². The molecule has 1 aliphatic heterocycles. The second-order valence-corrected chi connectivity index (χ2v) is 8.65. The number of ether oxygens (including phenoxy) is 3. The Morgan fingerprint density at radius 2 is 1.89 bits per heavy atom. The molecule has 2 aromatic rings. The number of amides is 2. The van der Waals surface area contributed by atoms with Gasteiger partial charge in [-0.25, -0.2) is 9.59 Å². The van der Waals surface area contributed by atoms with Crippen molar-refractivity contribution in [1.29, 1.82) is 0 Å². The van der Waals surface area contributed by atoms with E-state index in [1.807, 2.05) is 0 Å². The van der Waals surface area contributed by atoms with Crippen LogP contribution in [0.1, 0.15) is 59.3 Å². The minimum absolute atomic E-state index is 0.0646. The van der Waals surface area contributed by atoms with Crippen LogP contribution in [0.4, 0.5) is 23.7 Å². The molecule has 0 saturated heterocycles. The van der Waals surface area contributed by atoms with Crippen molar-refractivity contribution in [3.63, 3.8) is 0 Å². The van der Waals surface area contributed by atoms with Crippen molar-refractivity contribution < 1.29 is 41.8 Å². The number of fused-ring (bicyclic) bond motifs is 1. The van der Waals surface area contributed by atoms with Crippen molar-refractivity contribution >= 4 is 23.7 Å². The number of cyclic esters (lactones) is 1. The highest BCUT2D eigenvalue weighted by molar-refractivity contribution is 6.05. The maximum atomic E-state index is 13.2. The van der Waals surface area contributed by atoms with Crippen LogP contribution in [0, 0.1) is 6.92 Å². The van der Waals surface area contributed by atoms with Crippen LogP contribution in [0.2, 0.25) is 0 Å². The minimum atomic E-state index is -4.65. The lowest BCUT2D eigenvalue weighted by atomic mass is 9.93. The Morgan fingerprint density at radius 1 is 1.18 bits per heavy atom. The lowest BCUT2D eigenvalue weighted by Gasteiger charge is -2.20. The van der Waals surface area contributed by atoms with Gasteiger partial charge in [0.05, 0.1) is 23.9 Å². The molecule has 0 aromatic heterocycles. The highest BCUT2D eigenvalue weighted by Crippen LogP contribution is 2.41. The van der Waals surface area contributed by atoms with E-state index in [0.29, 0.717) is 29.0 Å². The number of nitrogens with one attached hydrogen (secondary N) is 2. The summed E-state index contributed by atoms with van der Waals surface area (Å²) in [6.07, 6.45) is -2.54. The number of carbonyl (C=O) groups excluding carboxylic acids is 3. The summed E-state index contributed by atoms with van der Waals surface area (Å²) in [5, 5.41) is 5.37. The van der Waals surface area contributed by atoms with E-state index in [1.54, 1.807) is 26.8 Å². The van der Waals surface area contributed by atoms with E-state index in [2.05, 4.69) is 10.6 Å². The summed E-state index contributed by atoms with van der Waals surface area (Å²) in [5.41, 5.74) is 2.16. The zero-order valence-corrected chi connectivity index (χ0v) is 21.5. The number of carbonyl (C=O) groups is 3. The Labute approximate surface area is 218 Å². The van der Waals surface area contributed by atoms with Crippen LogP contribution < -0.4 is 20.1 Å². The number of hydrogen-bond acceptors (Lipinski definition) is 6. The number of benzene rings is 2. The van der Waals surface area contributed by atoms with Gasteiger partial charge in [0, 0.05) is 24.1 Å². The fraction of sp³-hybridized carbons (Fsp3) is 0.370. The number of methoxy groups -OCH3 is 1. The average molecular weight is 535 g/mol. The molecule has 0 radical (unpaired) electrons. The van der Waals surface area contributed by atoms with Crippen LogP contribution >= 0.6 is 0 Å². The quantitative estimate of drug-likeness (QED) is 0.243. The fourth-order valence-corrected chi connectivity index (χ4v) is 4.15. The molecule has 0 unspecified atom stereocenters. The van der Waals surface area contributed by atoms with Crippen molar-refractivity contribution in [3.05, 3.63) is 63.7 Å². The molecule has 11 heteroatoms. The molecule has 0 fully saturated rings. The van der Waals surface area contributed by atoms with Crippen molar-refractivity contribution in [2.45, 2.75) is 52.8 Å². The third-order valence-corrected chi connectivity index (χ3v) is 6.05. The average Bonchev–Trinajstić information content (AvgIpc) is 3.25. The molecule has 0 saturated carbocycles. The number of halogens is 3. The maximum Gasteiger partial charge on any atom is 0.419 e. The molecule has 2 N–H and O–H groups in total. The number of rotatable bonds is 9. The molecular weight excluding hydrogens is 505 g/mol. The monoisotopic (exact) mass is 534 g/mol. The molecule has 3 rings (SSSR count). The van der Waals surface area contributed by atoms with Crippen molar-refractivity contribution in [1.82, 2.24) is 5.32 Å². The van der Waals surface area contributed by atoms with E-state index >= 15 is 0 Å². The molecular formula is C27H29F3N2O6. The normalized spacial score (nSPS) is 13.0. The highest BCUT2D eigenvalue weighted by Gasteiger charge is 2.35. The number of anilines is 1. The van der Waals surface area contributed by atoms with Crippen molar-refractivity contribution in [2.75, 3.05) is 19.0 Å². The summed E-state index contributed by atoms with van der Waals surface area (Å²) in [6.45, 7) is 5.75. The molecule has 0 spiro atoms. The van der Waals surface area contributed by atoms with E-state index in [-0.39, 0.29) is 37.1 Å². The van der Waals surface area contributed by atoms with Crippen LogP contribution in [0.5, 0.6) is 11.5 Å². The molecule has 38 heavy (non-hydrogen) atoms. The molecule has 204 valence electrons. The summed E-state index contributed by atoms with van der Waals surface area (Å²) in [6, 6.07) is 4.03. The second kappa shape index (κ2) is 12.0. The van der Waals surface area contributed by atoms with Gasteiger partial charge in [-0.05, 0) is 51.3 Å². The van der Waals surface area contributed by atoms with Gasteiger partial charge >= 0.3 is 24.1 Å². The largest absolute Gasteiger partial charge is 0.496 e. The summed E-state index contributed by atoms with van der Waals surface area (Å²) < 4.78 is 55.3. The van der Waals surface area contributed by atoms with Gasteiger partial charge in [0.2, 0.25) is 0 Å². The lowest BCUT2D eigenvalue weighted by molar-refractivity contribution is -0.142. The van der Waals surface area contributed by atoms with Gasteiger partial charge in [0.15, 0.2) is 0 Å². The Kier molecular flexibility index (Phi) is 9.03. The van der Waals surface area contributed by atoms with Gasteiger partial charge in [-0.3, -0.25) is 4.79 Å². The van der Waals surface area contributed by atoms with E-state index in [0.717, 1.165) is 17.7 Å². The number of allylic oxidation sites excluding steroid dienone is 2. The maximum absolute atomic E-state index is 13.2. The SMILES string of the molecule is CCNC(=O)Nc1c(CC=C(C)CCC(=O)Oc2ccccc2C(F)(F)F)c(OC)c(C)c2c1C(=O)OC2. The molecule has 1 heterocycles. The third-order valence-electron chi connectivity index (χ3n) is 6.05. The van der Waals surface area contributed by atoms with Gasteiger partial charge in [-0.15, -0.1) is 0 Å². The lowest BCUT2D eigenvalue weighted by Crippen LogP contribution is -2.29. The molecule has 8 nitrogen and oxygen atoms in total. The number of para-hydroxylation sites is 1. The fourth-order valence-electron chi connectivity index (χ4n) is 4.15. The predicted octanol–water partition coefficient (Wildman–Crippen LogP) is 5.71. The van der Waals surface area contributed by atoms with Crippen LogP contribution in [0.15, 0.2) is 35.9 Å². The van der Waals surface area contributed by atoms with Gasteiger partial charge in [0.25, 0.3) is 0 Å². The number of hydrogen-bond donors (Lipinski definition) is 2. The van der Waals surface area contributed by atoms with E-state index in [1.165, 1.54) is 19.2 Å². The number of alkyl halides is 3. The van der Waals surface area contributed by atoms with E-state index in [4.69, 9.17) is 14.2 Å². The molecule has 2 amide bonds. The van der Waals surface area contributed by atoms with E-state index < -0.39 is 35.5 Å². The van der Waals surface area contributed by atoms with Gasteiger partial charge in [0.1, 0.15) is 18.1 Å². The van der Waals surface area contributed by atoms with Gasteiger partial charge in [-0.1, -0.05) is 23.8 Å².